The van der Waals surface area contributed by atoms with E-state index in [1.807, 2.05) is 13.0 Å². The summed E-state index contributed by atoms with van der Waals surface area (Å²) in [5, 5.41) is 3.12. The Morgan fingerprint density at radius 1 is 1.16 bits per heavy atom. The van der Waals surface area contributed by atoms with Crippen molar-refractivity contribution in [3.8, 4) is 11.6 Å². The fourth-order valence-corrected chi connectivity index (χ4v) is 1.54. The average Bonchev–Trinajstić information content (AvgIpc) is 2.42. The lowest BCUT2D eigenvalue weighted by atomic mass is 10.3. The van der Waals surface area contributed by atoms with E-state index in [4.69, 9.17) is 4.74 Å². The summed E-state index contributed by atoms with van der Waals surface area (Å²) in [7, 11) is 0. The highest BCUT2D eigenvalue weighted by Gasteiger charge is 2.10. The van der Waals surface area contributed by atoms with Gasteiger partial charge in [0.15, 0.2) is 11.6 Å². The van der Waals surface area contributed by atoms with Crippen molar-refractivity contribution in [2.75, 3.05) is 6.54 Å². The van der Waals surface area contributed by atoms with Crippen molar-refractivity contribution in [3.05, 3.63) is 53.7 Å². The third kappa shape index (κ3) is 3.48. The SMILES string of the molecule is CCNCc1cccc(Oc2cccc(F)c2F)n1. The van der Waals surface area contributed by atoms with Crippen LogP contribution >= 0.6 is 0 Å². The minimum Gasteiger partial charge on any atom is -0.436 e. The summed E-state index contributed by atoms with van der Waals surface area (Å²) >= 11 is 0. The predicted molar refractivity (Wildman–Crippen MR) is 68.0 cm³/mol. The van der Waals surface area contributed by atoms with Crippen LogP contribution in [0.5, 0.6) is 11.6 Å². The van der Waals surface area contributed by atoms with E-state index in [1.54, 1.807) is 12.1 Å². The van der Waals surface area contributed by atoms with E-state index in [-0.39, 0.29) is 11.6 Å². The van der Waals surface area contributed by atoms with Gasteiger partial charge in [0.05, 0.1) is 5.69 Å². The van der Waals surface area contributed by atoms with Gasteiger partial charge in [0.2, 0.25) is 11.7 Å². The Balaban J connectivity index is 2.16. The molecule has 0 aliphatic heterocycles. The van der Waals surface area contributed by atoms with Crippen molar-refractivity contribution < 1.29 is 13.5 Å². The maximum absolute atomic E-state index is 13.5. The van der Waals surface area contributed by atoms with Gasteiger partial charge < -0.3 is 10.1 Å². The molecule has 0 spiro atoms. The fourth-order valence-electron chi connectivity index (χ4n) is 1.54. The number of hydrogen-bond donors (Lipinski definition) is 1. The van der Waals surface area contributed by atoms with Gasteiger partial charge in [0.25, 0.3) is 0 Å². The fraction of sp³-hybridized carbons (Fsp3) is 0.214. The van der Waals surface area contributed by atoms with Crippen molar-refractivity contribution in [1.82, 2.24) is 10.3 Å². The van der Waals surface area contributed by atoms with Gasteiger partial charge in [-0.25, -0.2) is 9.37 Å². The van der Waals surface area contributed by atoms with Gasteiger partial charge in [-0.2, -0.15) is 4.39 Å². The summed E-state index contributed by atoms with van der Waals surface area (Å²) < 4.78 is 31.7. The molecule has 0 bridgehead atoms. The van der Waals surface area contributed by atoms with Crippen LogP contribution in [0, 0.1) is 11.6 Å². The van der Waals surface area contributed by atoms with Crippen LogP contribution in [0.2, 0.25) is 0 Å². The Kier molecular flexibility index (Phi) is 4.41. The molecule has 0 atom stereocenters. The molecule has 1 aromatic carbocycles. The summed E-state index contributed by atoms with van der Waals surface area (Å²) in [6, 6.07) is 8.97. The van der Waals surface area contributed by atoms with Crippen LogP contribution in [0.4, 0.5) is 8.78 Å². The molecule has 19 heavy (non-hydrogen) atoms. The molecule has 0 amide bonds. The van der Waals surface area contributed by atoms with Gasteiger partial charge in [-0.15, -0.1) is 0 Å². The van der Waals surface area contributed by atoms with Crippen LogP contribution in [0.3, 0.4) is 0 Å². The molecule has 3 nitrogen and oxygen atoms in total. The number of halogens is 2. The normalized spacial score (nSPS) is 10.5. The van der Waals surface area contributed by atoms with Crippen molar-refractivity contribution in [2.24, 2.45) is 0 Å². The highest BCUT2D eigenvalue weighted by atomic mass is 19.2. The first-order valence-electron chi connectivity index (χ1n) is 5.99. The Morgan fingerprint density at radius 3 is 2.74 bits per heavy atom. The molecule has 0 unspecified atom stereocenters. The van der Waals surface area contributed by atoms with Gasteiger partial charge in [-0.05, 0) is 24.7 Å². The maximum Gasteiger partial charge on any atom is 0.219 e. The molecule has 2 aromatic rings. The highest BCUT2D eigenvalue weighted by Crippen LogP contribution is 2.24. The molecule has 100 valence electrons. The first-order valence-corrected chi connectivity index (χ1v) is 5.99. The molecule has 0 saturated carbocycles. The van der Waals surface area contributed by atoms with Crippen LogP contribution in [0.1, 0.15) is 12.6 Å². The molecule has 0 fully saturated rings. The van der Waals surface area contributed by atoms with Crippen molar-refractivity contribution in [3.63, 3.8) is 0 Å². The number of nitrogens with zero attached hydrogens (tertiary/aromatic N) is 1. The van der Waals surface area contributed by atoms with E-state index in [1.165, 1.54) is 12.1 Å². The Labute approximate surface area is 110 Å². The van der Waals surface area contributed by atoms with Crippen molar-refractivity contribution >= 4 is 0 Å². The Hall–Kier alpha value is -2.01. The number of ether oxygens (including phenoxy) is 1. The summed E-state index contributed by atoms with van der Waals surface area (Å²) in [5.74, 6) is -1.89. The van der Waals surface area contributed by atoms with Crippen LogP contribution < -0.4 is 10.1 Å². The van der Waals surface area contributed by atoms with Crippen LogP contribution in [-0.4, -0.2) is 11.5 Å². The third-order valence-corrected chi connectivity index (χ3v) is 2.47. The first-order chi connectivity index (χ1) is 9.20. The second-order valence-corrected chi connectivity index (χ2v) is 3.90. The second-order valence-electron chi connectivity index (χ2n) is 3.90. The highest BCUT2D eigenvalue weighted by molar-refractivity contribution is 5.29. The standard InChI is InChI=1S/C14H14F2N2O/c1-2-17-9-10-5-3-8-13(18-10)19-12-7-4-6-11(15)14(12)16/h3-8,17H,2,9H2,1H3. The molecule has 0 aliphatic rings. The molecule has 5 heteroatoms. The predicted octanol–water partition coefficient (Wildman–Crippen LogP) is 3.26. The maximum atomic E-state index is 13.5. The molecule has 0 saturated heterocycles. The van der Waals surface area contributed by atoms with E-state index in [9.17, 15) is 8.78 Å². The second kappa shape index (κ2) is 6.24. The number of benzene rings is 1. The Morgan fingerprint density at radius 2 is 1.95 bits per heavy atom. The van der Waals surface area contributed by atoms with Crippen LogP contribution in [-0.2, 0) is 6.54 Å². The molecule has 0 aliphatic carbocycles. The minimum absolute atomic E-state index is 0.173. The van der Waals surface area contributed by atoms with Crippen LogP contribution in [0.25, 0.3) is 0 Å². The van der Waals surface area contributed by atoms with Crippen LogP contribution in [0.15, 0.2) is 36.4 Å². The number of nitrogens with one attached hydrogen (secondary N) is 1. The van der Waals surface area contributed by atoms with E-state index >= 15 is 0 Å². The first kappa shape index (κ1) is 13.4. The number of hydrogen-bond acceptors (Lipinski definition) is 3. The molecular weight excluding hydrogens is 250 g/mol. The number of rotatable bonds is 5. The van der Waals surface area contributed by atoms with Gasteiger partial charge in [0, 0.05) is 12.6 Å². The van der Waals surface area contributed by atoms with Crippen molar-refractivity contribution in [2.45, 2.75) is 13.5 Å². The molecule has 2 rings (SSSR count). The summed E-state index contributed by atoms with van der Waals surface area (Å²) in [6.45, 7) is 3.41. The summed E-state index contributed by atoms with van der Waals surface area (Å²) in [6.07, 6.45) is 0. The van der Waals surface area contributed by atoms with E-state index < -0.39 is 11.6 Å². The zero-order chi connectivity index (χ0) is 13.7. The molecule has 1 heterocycles. The number of pyridine rings is 1. The average molecular weight is 264 g/mol. The molecule has 1 N–H and O–H groups in total. The quantitative estimate of drug-likeness (QED) is 0.900. The van der Waals surface area contributed by atoms with E-state index in [2.05, 4.69) is 10.3 Å². The molecule has 1 aromatic heterocycles. The zero-order valence-corrected chi connectivity index (χ0v) is 10.5. The number of aromatic nitrogens is 1. The largest absolute Gasteiger partial charge is 0.436 e. The monoisotopic (exact) mass is 264 g/mol. The molecular formula is C14H14F2N2O. The molecule has 0 radical (unpaired) electrons. The van der Waals surface area contributed by atoms with E-state index in [0.29, 0.717) is 6.54 Å². The van der Waals surface area contributed by atoms with Gasteiger partial charge in [-0.3, -0.25) is 0 Å². The minimum atomic E-state index is -1.01. The lowest BCUT2D eigenvalue weighted by Crippen LogP contribution is -2.12. The lowest BCUT2D eigenvalue weighted by Gasteiger charge is -2.08. The van der Waals surface area contributed by atoms with Gasteiger partial charge in [-0.1, -0.05) is 19.1 Å². The Bertz CT molecular complexity index is 561. The lowest BCUT2D eigenvalue weighted by molar-refractivity contribution is 0.404. The topological polar surface area (TPSA) is 34.1 Å². The summed E-state index contributed by atoms with van der Waals surface area (Å²) in [4.78, 5) is 4.20. The van der Waals surface area contributed by atoms with Gasteiger partial charge >= 0.3 is 0 Å². The van der Waals surface area contributed by atoms with Gasteiger partial charge in [0.1, 0.15) is 0 Å². The van der Waals surface area contributed by atoms with Crippen molar-refractivity contribution in [1.29, 1.82) is 0 Å². The smallest absolute Gasteiger partial charge is 0.219 e. The zero-order valence-electron chi connectivity index (χ0n) is 10.5. The van der Waals surface area contributed by atoms with E-state index in [0.717, 1.165) is 18.3 Å². The summed E-state index contributed by atoms with van der Waals surface area (Å²) in [5.41, 5.74) is 0.774. The third-order valence-electron chi connectivity index (χ3n) is 2.47.